The highest BCUT2D eigenvalue weighted by molar-refractivity contribution is 5.83. The Morgan fingerprint density at radius 1 is 1.08 bits per heavy atom. The zero-order valence-corrected chi connectivity index (χ0v) is 15.7. The molecule has 1 atom stereocenters. The summed E-state index contributed by atoms with van der Waals surface area (Å²) in [6.45, 7) is 5.89. The third-order valence-corrected chi connectivity index (χ3v) is 4.24. The number of aryl methyl sites for hydroxylation is 2. The summed E-state index contributed by atoms with van der Waals surface area (Å²) in [4.78, 5) is 24.2. The average Bonchev–Trinajstić information content (AvgIpc) is 2.62. The lowest BCUT2D eigenvalue weighted by Gasteiger charge is -2.15. The Morgan fingerprint density at radius 3 is 2.50 bits per heavy atom. The predicted molar refractivity (Wildman–Crippen MR) is 100 cm³/mol. The maximum atomic E-state index is 12.2. The fourth-order valence-corrected chi connectivity index (χ4v) is 2.55. The van der Waals surface area contributed by atoms with Crippen LogP contribution in [0.1, 0.15) is 29.2 Å². The quantitative estimate of drug-likeness (QED) is 0.775. The van der Waals surface area contributed by atoms with Crippen LogP contribution >= 0.6 is 0 Å². The first kappa shape index (κ1) is 19.5. The molecule has 0 aliphatic carbocycles. The highest BCUT2D eigenvalue weighted by Gasteiger charge is 2.18. The van der Waals surface area contributed by atoms with Crippen LogP contribution in [0.2, 0.25) is 0 Å². The molecular weight excluding hydrogens is 330 g/mol. The van der Waals surface area contributed by atoms with Gasteiger partial charge in [0.15, 0.2) is 6.10 Å². The number of rotatable bonds is 7. The molecule has 1 amide bonds. The summed E-state index contributed by atoms with van der Waals surface area (Å²) in [6.07, 6.45) is -0.714. The first-order chi connectivity index (χ1) is 12.4. The second-order valence-corrected chi connectivity index (χ2v) is 6.26. The van der Waals surface area contributed by atoms with Crippen molar-refractivity contribution >= 4 is 11.9 Å². The summed E-state index contributed by atoms with van der Waals surface area (Å²) in [5.41, 5.74) is 4.03. The van der Waals surface area contributed by atoms with E-state index >= 15 is 0 Å². The van der Waals surface area contributed by atoms with Crippen molar-refractivity contribution < 1.29 is 19.1 Å². The molecule has 2 aromatic rings. The van der Waals surface area contributed by atoms with Gasteiger partial charge in [-0.1, -0.05) is 36.4 Å². The number of carbonyl (C=O) groups is 2. The molecule has 0 saturated carbocycles. The van der Waals surface area contributed by atoms with Gasteiger partial charge < -0.3 is 14.8 Å². The minimum absolute atomic E-state index is 0.144. The highest BCUT2D eigenvalue weighted by Crippen LogP contribution is 2.16. The summed E-state index contributed by atoms with van der Waals surface area (Å²) in [6, 6.07) is 13.3. The first-order valence-electron chi connectivity index (χ1n) is 8.56. The Labute approximate surface area is 154 Å². The van der Waals surface area contributed by atoms with Crippen molar-refractivity contribution in [1.82, 2.24) is 5.32 Å². The maximum Gasteiger partial charge on any atom is 0.311 e. The lowest BCUT2D eigenvalue weighted by atomic mass is 10.0. The molecule has 0 spiro atoms. The van der Waals surface area contributed by atoms with E-state index in [1.54, 1.807) is 14.0 Å². The van der Waals surface area contributed by atoms with Gasteiger partial charge in [-0.3, -0.25) is 9.59 Å². The van der Waals surface area contributed by atoms with Gasteiger partial charge in [-0.15, -0.1) is 0 Å². The number of nitrogens with one attached hydrogen (secondary N) is 1. The summed E-state index contributed by atoms with van der Waals surface area (Å²) in [5.74, 6) is -0.0651. The summed E-state index contributed by atoms with van der Waals surface area (Å²) < 4.78 is 10.5. The van der Waals surface area contributed by atoms with Crippen LogP contribution in [-0.4, -0.2) is 25.1 Å². The predicted octanol–water partition coefficient (Wildman–Crippen LogP) is 3.10. The normalized spacial score (nSPS) is 11.5. The Bertz CT molecular complexity index is 785. The summed E-state index contributed by atoms with van der Waals surface area (Å²) >= 11 is 0. The first-order valence-corrected chi connectivity index (χ1v) is 8.56. The van der Waals surface area contributed by atoms with Crippen LogP contribution in [0.15, 0.2) is 42.5 Å². The molecule has 0 aromatic heterocycles. The van der Waals surface area contributed by atoms with E-state index in [4.69, 9.17) is 9.47 Å². The van der Waals surface area contributed by atoms with Gasteiger partial charge in [-0.05, 0) is 43.5 Å². The van der Waals surface area contributed by atoms with Crippen LogP contribution in [0.5, 0.6) is 5.75 Å². The van der Waals surface area contributed by atoms with Crippen molar-refractivity contribution in [3.05, 3.63) is 64.7 Å². The lowest BCUT2D eigenvalue weighted by molar-refractivity contribution is -0.154. The monoisotopic (exact) mass is 355 g/mol. The van der Waals surface area contributed by atoms with Crippen LogP contribution in [-0.2, 0) is 27.3 Å². The largest absolute Gasteiger partial charge is 0.496 e. The fraction of sp³-hybridized carbons (Fsp3) is 0.333. The summed E-state index contributed by atoms with van der Waals surface area (Å²) in [5, 5.41) is 2.76. The van der Waals surface area contributed by atoms with Gasteiger partial charge in [0.1, 0.15) is 5.75 Å². The molecular formula is C21H25NO4. The van der Waals surface area contributed by atoms with Gasteiger partial charge in [0.05, 0.1) is 13.5 Å². The zero-order valence-electron chi connectivity index (χ0n) is 15.7. The SMILES string of the molecule is COc1ccccc1CNC(=O)[C@H](C)OC(=O)Cc1ccc(C)c(C)c1. The molecule has 5 heteroatoms. The number of carbonyl (C=O) groups excluding carboxylic acids is 2. The van der Waals surface area contributed by atoms with Crippen molar-refractivity contribution in [2.75, 3.05) is 7.11 Å². The minimum Gasteiger partial charge on any atom is -0.496 e. The zero-order chi connectivity index (χ0) is 19.1. The number of methoxy groups -OCH3 is 1. The smallest absolute Gasteiger partial charge is 0.311 e. The number of para-hydroxylation sites is 1. The Morgan fingerprint density at radius 2 is 1.81 bits per heavy atom. The van der Waals surface area contributed by atoms with Gasteiger partial charge >= 0.3 is 5.97 Å². The number of esters is 1. The van der Waals surface area contributed by atoms with Crippen LogP contribution in [0.25, 0.3) is 0 Å². The van der Waals surface area contributed by atoms with Gasteiger partial charge in [0.25, 0.3) is 5.91 Å². The molecule has 0 radical (unpaired) electrons. The lowest BCUT2D eigenvalue weighted by Crippen LogP contribution is -2.35. The van der Waals surface area contributed by atoms with Crippen molar-refractivity contribution in [3.63, 3.8) is 0 Å². The van der Waals surface area contributed by atoms with Gasteiger partial charge in [0, 0.05) is 12.1 Å². The van der Waals surface area contributed by atoms with Crippen molar-refractivity contribution in [2.45, 2.75) is 39.8 Å². The fourth-order valence-electron chi connectivity index (χ4n) is 2.55. The second kappa shape index (κ2) is 9.04. The molecule has 1 N–H and O–H groups in total. The van der Waals surface area contributed by atoms with E-state index in [2.05, 4.69) is 5.32 Å². The molecule has 26 heavy (non-hydrogen) atoms. The number of hydrogen-bond donors (Lipinski definition) is 1. The van der Waals surface area contributed by atoms with Gasteiger partial charge in [-0.2, -0.15) is 0 Å². The Balaban J connectivity index is 1.85. The van der Waals surface area contributed by atoms with Crippen LogP contribution < -0.4 is 10.1 Å². The molecule has 0 heterocycles. The van der Waals surface area contributed by atoms with E-state index in [1.807, 2.05) is 56.3 Å². The second-order valence-electron chi connectivity index (χ2n) is 6.26. The number of ether oxygens (including phenoxy) is 2. The number of benzene rings is 2. The molecule has 5 nitrogen and oxygen atoms in total. The van der Waals surface area contributed by atoms with Crippen molar-refractivity contribution in [2.24, 2.45) is 0 Å². The van der Waals surface area contributed by atoms with E-state index < -0.39 is 12.1 Å². The maximum absolute atomic E-state index is 12.2. The Kier molecular flexibility index (Phi) is 6.78. The van der Waals surface area contributed by atoms with E-state index in [1.165, 1.54) is 5.56 Å². The van der Waals surface area contributed by atoms with E-state index in [9.17, 15) is 9.59 Å². The topological polar surface area (TPSA) is 64.6 Å². The van der Waals surface area contributed by atoms with Gasteiger partial charge in [-0.25, -0.2) is 0 Å². The Hall–Kier alpha value is -2.82. The molecule has 0 aliphatic rings. The molecule has 2 aromatic carbocycles. The molecule has 138 valence electrons. The van der Waals surface area contributed by atoms with Crippen LogP contribution in [0.3, 0.4) is 0 Å². The molecule has 0 bridgehead atoms. The molecule has 0 fully saturated rings. The number of amides is 1. The van der Waals surface area contributed by atoms with Crippen molar-refractivity contribution in [3.8, 4) is 5.75 Å². The van der Waals surface area contributed by atoms with E-state index in [-0.39, 0.29) is 12.3 Å². The summed E-state index contributed by atoms with van der Waals surface area (Å²) in [7, 11) is 1.58. The third kappa shape index (κ3) is 5.34. The number of hydrogen-bond acceptors (Lipinski definition) is 4. The molecule has 0 unspecified atom stereocenters. The third-order valence-electron chi connectivity index (χ3n) is 4.24. The van der Waals surface area contributed by atoms with Gasteiger partial charge in [0.2, 0.25) is 0 Å². The minimum atomic E-state index is -0.858. The average molecular weight is 355 g/mol. The molecule has 0 saturated heterocycles. The van der Waals surface area contributed by atoms with Crippen LogP contribution in [0.4, 0.5) is 0 Å². The molecule has 2 rings (SSSR count). The van der Waals surface area contributed by atoms with Crippen molar-refractivity contribution in [1.29, 1.82) is 0 Å². The van der Waals surface area contributed by atoms with E-state index in [0.29, 0.717) is 12.3 Å². The van der Waals surface area contributed by atoms with E-state index in [0.717, 1.165) is 16.7 Å². The highest BCUT2D eigenvalue weighted by atomic mass is 16.5. The standard InChI is InChI=1S/C21H25NO4/c1-14-9-10-17(11-15(14)2)12-20(23)26-16(3)21(24)22-13-18-7-5-6-8-19(18)25-4/h5-11,16H,12-13H2,1-4H3,(H,22,24)/t16-/m0/s1. The van der Waals surface area contributed by atoms with Crippen LogP contribution in [0, 0.1) is 13.8 Å². The molecule has 0 aliphatic heterocycles.